The number of carbonyl (C=O) groups is 2. The molecule has 9 heteroatoms. The molecule has 0 aliphatic carbocycles. The first-order chi connectivity index (χ1) is 6.91. The summed E-state index contributed by atoms with van der Waals surface area (Å²) in [5.74, 6) is -4.14. The van der Waals surface area contributed by atoms with Crippen LogP contribution < -0.4 is 10.2 Å². The molecule has 0 aromatic carbocycles. The number of carboxylic acid groups (broad SMARTS) is 2. The third-order valence-electron chi connectivity index (χ3n) is 1.44. The summed E-state index contributed by atoms with van der Waals surface area (Å²) in [6.07, 6.45) is 0. The number of aromatic carboxylic acids is 1. The number of carbonyl (C=O) groups excluding carboxylic acids is 2. The molecule has 0 aliphatic heterocycles. The average Bonchev–Trinajstić information content (AvgIpc) is 2.46. The monoisotopic (exact) mass is 213 g/mol. The normalized spacial score (nSPS) is 9.87. The van der Waals surface area contributed by atoms with Gasteiger partial charge in [-0.15, -0.1) is 0 Å². The van der Waals surface area contributed by atoms with Crippen molar-refractivity contribution in [3.05, 3.63) is 21.9 Å². The zero-order chi connectivity index (χ0) is 11.6. The van der Waals surface area contributed by atoms with Crippen LogP contribution in [0.3, 0.4) is 0 Å². The Morgan fingerprint density at radius 3 is 2.47 bits per heavy atom. The Hall–Kier alpha value is -2.45. The van der Waals surface area contributed by atoms with Gasteiger partial charge in [0.25, 0.3) is 0 Å². The van der Waals surface area contributed by atoms with Crippen LogP contribution in [0.1, 0.15) is 10.5 Å². The summed E-state index contributed by atoms with van der Waals surface area (Å²) in [7, 11) is 0. The van der Waals surface area contributed by atoms with Gasteiger partial charge >= 0.3 is 5.82 Å². The minimum Gasteiger partial charge on any atom is -0.548 e. The Labute approximate surface area is 81.7 Å². The standard InChI is InChI=1S/C6H5N3O6/c10-5(11)2-8-3(6(12)13)1-4(7-8)9(14)15/h1H,2H2,(H,10,11)(H,12,13)/p-2. The van der Waals surface area contributed by atoms with Crippen LogP contribution in [-0.2, 0) is 11.3 Å². The van der Waals surface area contributed by atoms with Gasteiger partial charge in [-0.3, -0.25) is 0 Å². The van der Waals surface area contributed by atoms with E-state index in [4.69, 9.17) is 0 Å². The molecule has 1 rings (SSSR count). The minimum absolute atomic E-state index is 0.419. The molecule has 0 saturated carbocycles. The summed E-state index contributed by atoms with van der Waals surface area (Å²) < 4.78 is 0.419. The third kappa shape index (κ3) is 2.27. The first-order valence-electron chi connectivity index (χ1n) is 3.55. The SMILES string of the molecule is O=C([O-])Cn1nc([N+](=O)[O-])cc1C(=O)[O-]. The van der Waals surface area contributed by atoms with E-state index in [0.29, 0.717) is 10.7 Å². The number of hydrogen-bond acceptors (Lipinski definition) is 7. The van der Waals surface area contributed by atoms with Crippen molar-refractivity contribution < 1.29 is 24.7 Å². The highest BCUT2D eigenvalue weighted by Crippen LogP contribution is 2.10. The lowest BCUT2D eigenvalue weighted by Gasteiger charge is -2.03. The third-order valence-corrected chi connectivity index (χ3v) is 1.44. The molecule has 0 fully saturated rings. The van der Waals surface area contributed by atoms with Gasteiger partial charge in [0, 0.05) is 0 Å². The smallest absolute Gasteiger partial charge is 0.390 e. The van der Waals surface area contributed by atoms with Gasteiger partial charge in [0.15, 0.2) is 0 Å². The molecule has 9 nitrogen and oxygen atoms in total. The predicted octanol–water partition coefficient (Wildman–Crippen LogP) is -3.10. The maximum atomic E-state index is 10.4. The Morgan fingerprint density at radius 2 is 2.07 bits per heavy atom. The fraction of sp³-hybridized carbons (Fsp3) is 0.167. The van der Waals surface area contributed by atoms with Crippen LogP contribution in [0.15, 0.2) is 6.07 Å². The van der Waals surface area contributed by atoms with Gasteiger partial charge < -0.3 is 29.9 Å². The molecule has 15 heavy (non-hydrogen) atoms. The van der Waals surface area contributed by atoms with E-state index in [2.05, 4.69) is 5.10 Å². The molecule has 80 valence electrons. The largest absolute Gasteiger partial charge is 0.548 e. The van der Waals surface area contributed by atoms with Crippen molar-refractivity contribution in [1.82, 2.24) is 9.78 Å². The summed E-state index contributed by atoms with van der Waals surface area (Å²) in [4.78, 5) is 29.9. The van der Waals surface area contributed by atoms with E-state index in [-0.39, 0.29) is 0 Å². The Morgan fingerprint density at radius 1 is 1.47 bits per heavy atom. The van der Waals surface area contributed by atoms with Gasteiger partial charge in [-0.25, -0.2) is 0 Å². The van der Waals surface area contributed by atoms with Gasteiger partial charge in [-0.05, 0) is 4.92 Å². The molecular weight excluding hydrogens is 210 g/mol. The molecule has 0 saturated heterocycles. The van der Waals surface area contributed by atoms with Crippen molar-refractivity contribution in [2.75, 3.05) is 0 Å². The van der Waals surface area contributed by atoms with Crippen molar-refractivity contribution in [2.45, 2.75) is 6.54 Å². The lowest BCUT2D eigenvalue weighted by atomic mass is 10.4. The maximum absolute atomic E-state index is 10.4. The Balaban J connectivity index is 3.17. The van der Waals surface area contributed by atoms with E-state index in [9.17, 15) is 29.9 Å². The van der Waals surface area contributed by atoms with E-state index in [0.717, 1.165) is 0 Å². The van der Waals surface area contributed by atoms with Crippen LogP contribution in [0, 0.1) is 10.1 Å². The van der Waals surface area contributed by atoms with Crippen molar-refractivity contribution in [3.8, 4) is 0 Å². The van der Waals surface area contributed by atoms with Crippen molar-refractivity contribution >= 4 is 17.8 Å². The molecule has 0 aliphatic rings. The number of hydrogen-bond donors (Lipinski definition) is 0. The van der Waals surface area contributed by atoms with E-state index in [1.165, 1.54) is 0 Å². The van der Waals surface area contributed by atoms with E-state index >= 15 is 0 Å². The number of aliphatic carboxylic acids is 1. The summed E-state index contributed by atoms with van der Waals surface area (Å²) >= 11 is 0. The molecule has 0 N–H and O–H groups in total. The van der Waals surface area contributed by atoms with E-state index in [1.54, 1.807) is 0 Å². The van der Waals surface area contributed by atoms with Crippen LogP contribution in [0.2, 0.25) is 0 Å². The number of aromatic nitrogens is 2. The van der Waals surface area contributed by atoms with Crippen LogP contribution in [0.25, 0.3) is 0 Å². The van der Waals surface area contributed by atoms with Crippen LogP contribution in [0.5, 0.6) is 0 Å². The summed E-state index contributed by atoms with van der Waals surface area (Å²) in [5, 5.41) is 34.0. The fourth-order valence-corrected chi connectivity index (χ4v) is 0.900. The second-order valence-corrected chi connectivity index (χ2v) is 2.46. The van der Waals surface area contributed by atoms with Gasteiger partial charge in [-0.2, -0.15) is 4.68 Å². The summed E-state index contributed by atoms with van der Waals surface area (Å²) in [5.41, 5.74) is -0.689. The molecule has 0 unspecified atom stereocenters. The number of carboxylic acids is 2. The topological polar surface area (TPSA) is 141 Å². The highest BCUT2D eigenvalue weighted by atomic mass is 16.6. The average molecular weight is 213 g/mol. The number of nitrogens with zero attached hydrogens (tertiary/aromatic N) is 3. The summed E-state index contributed by atoms with van der Waals surface area (Å²) in [6.45, 7) is -0.892. The first-order valence-corrected chi connectivity index (χ1v) is 3.55. The quantitative estimate of drug-likeness (QED) is 0.380. The summed E-state index contributed by atoms with van der Waals surface area (Å²) in [6, 6.07) is 0.609. The predicted molar refractivity (Wildman–Crippen MR) is 38.2 cm³/mol. The van der Waals surface area contributed by atoms with Crippen molar-refractivity contribution in [1.29, 1.82) is 0 Å². The van der Waals surface area contributed by atoms with Gasteiger partial charge in [-0.1, -0.05) is 0 Å². The minimum atomic E-state index is -1.75. The second-order valence-electron chi connectivity index (χ2n) is 2.46. The first kappa shape index (κ1) is 10.6. The van der Waals surface area contributed by atoms with Crippen molar-refractivity contribution in [2.24, 2.45) is 0 Å². The number of rotatable bonds is 4. The highest BCUT2D eigenvalue weighted by Gasteiger charge is 2.18. The van der Waals surface area contributed by atoms with E-state index in [1.807, 2.05) is 0 Å². The van der Waals surface area contributed by atoms with Crippen molar-refractivity contribution in [3.63, 3.8) is 0 Å². The number of nitro groups is 1. The lowest BCUT2D eigenvalue weighted by Crippen LogP contribution is -2.32. The second kappa shape index (κ2) is 3.74. The molecule has 0 atom stereocenters. The maximum Gasteiger partial charge on any atom is 0.390 e. The fourth-order valence-electron chi connectivity index (χ4n) is 0.900. The van der Waals surface area contributed by atoms with Gasteiger partial charge in [0.2, 0.25) is 0 Å². The zero-order valence-electron chi connectivity index (χ0n) is 7.08. The Bertz CT molecular complexity index is 436. The molecule has 0 spiro atoms. The molecule has 0 bridgehead atoms. The van der Waals surface area contributed by atoms with Crippen LogP contribution in [-0.4, -0.2) is 26.6 Å². The molecular formula is C6H3N3O6-2. The highest BCUT2D eigenvalue weighted by molar-refractivity contribution is 5.85. The molecule has 1 aromatic rings. The van der Waals surface area contributed by atoms with Crippen LogP contribution in [0.4, 0.5) is 5.82 Å². The molecule has 1 heterocycles. The molecule has 0 radical (unpaired) electrons. The van der Waals surface area contributed by atoms with Crippen LogP contribution >= 0.6 is 0 Å². The lowest BCUT2D eigenvalue weighted by molar-refractivity contribution is -0.389. The molecule has 0 amide bonds. The van der Waals surface area contributed by atoms with E-state index < -0.39 is 34.9 Å². The zero-order valence-corrected chi connectivity index (χ0v) is 7.08. The Kier molecular flexibility index (Phi) is 2.65. The molecule has 1 aromatic heterocycles. The van der Waals surface area contributed by atoms with Gasteiger partial charge in [0.05, 0.1) is 23.1 Å². The van der Waals surface area contributed by atoms with Gasteiger partial charge in [0.1, 0.15) is 12.2 Å².